The zero-order valence-corrected chi connectivity index (χ0v) is 11.3. The van der Waals surface area contributed by atoms with Crippen molar-refractivity contribution in [3.05, 3.63) is 0 Å². The lowest BCUT2D eigenvalue weighted by Crippen LogP contribution is -2.51. The Hall–Kier alpha value is -0.910. The first-order valence-corrected chi connectivity index (χ1v) is 7.25. The number of aliphatic carboxylic acids is 1. The molecule has 0 radical (unpaired) electrons. The predicted octanol–water partition coefficient (Wildman–Crippen LogP) is 0.347. The minimum Gasteiger partial charge on any atom is -0.548 e. The third-order valence-electron chi connectivity index (χ3n) is 2.27. The van der Waals surface area contributed by atoms with E-state index in [1.165, 1.54) is 11.8 Å². The smallest absolute Gasteiger partial charge is 0.315 e. The highest BCUT2D eigenvalue weighted by Crippen LogP contribution is 2.00. The van der Waals surface area contributed by atoms with Gasteiger partial charge in [-0.1, -0.05) is 19.8 Å². The van der Waals surface area contributed by atoms with Gasteiger partial charge in [-0.3, -0.25) is 0 Å². The van der Waals surface area contributed by atoms with E-state index in [0.29, 0.717) is 18.7 Å². The van der Waals surface area contributed by atoms with E-state index in [9.17, 15) is 14.7 Å². The van der Waals surface area contributed by atoms with Crippen LogP contribution in [0.5, 0.6) is 0 Å². The molecule has 0 rings (SSSR count). The van der Waals surface area contributed by atoms with Gasteiger partial charge in [0.1, 0.15) is 0 Å². The molecule has 2 N–H and O–H groups in total. The summed E-state index contributed by atoms with van der Waals surface area (Å²) in [7, 11) is 0. The number of urea groups is 1. The highest BCUT2D eigenvalue weighted by atomic mass is 32.2. The standard InChI is InChI=1S/C11H22N2O3S/c1-3-4-5-7-12-11(16)13-9(10(14)15)6-8-17-2/h9H,3-8H2,1-2H3,(H,14,15)(H2,12,13,16)/p-1/t9-/m0/s1. The Morgan fingerprint density at radius 1 is 1.35 bits per heavy atom. The van der Waals surface area contributed by atoms with Gasteiger partial charge in [-0.25, -0.2) is 4.79 Å². The molecule has 0 saturated heterocycles. The number of nitrogens with one attached hydrogen (secondary N) is 2. The van der Waals surface area contributed by atoms with Gasteiger partial charge in [0.05, 0.1) is 12.0 Å². The van der Waals surface area contributed by atoms with E-state index < -0.39 is 18.0 Å². The average molecular weight is 261 g/mol. The van der Waals surface area contributed by atoms with Gasteiger partial charge in [0.2, 0.25) is 0 Å². The van der Waals surface area contributed by atoms with Crippen LogP contribution in [0.1, 0.15) is 32.6 Å². The fourth-order valence-electron chi connectivity index (χ4n) is 1.27. The summed E-state index contributed by atoms with van der Waals surface area (Å²) >= 11 is 1.54. The van der Waals surface area contributed by atoms with Crippen LogP contribution in [0.3, 0.4) is 0 Å². The first kappa shape index (κ1) is 16.1. The lowest BCUT2D eigenvalue weighted by atomic mass is 10.2. The largest absolute Gasteiger partial charge is 0.548 e. The summed E-state index contributed by atoms with van der Waals surface area (Å²) in [6.45, 7) is 2.65. The molecule has 2 amide bonds. The van der Waals surface area contributed by atoms with Crippen LogP contribution in [0.2, 0.25) is 0 Å². The Kier molecular flexibility index (Phi) is 9.71. The summed E-state index contributed by atoms with van der Waals surface area (Å²) in [6.07, 6.45) is 5.31. The average Bonchev–Trinajstić information content (AvgIpc) is 2.29. The SMILES string of the molecule is CCCCCNC(=O)N[C@@H](CCSC)C(=O)[O-]. The molecule has 0 aromatic carbocycles. The van der Waals surface area contributed by atoms with Gasteiger partial charge < -0.3 is 20.5 Å². The van der Waals surface area contributed by atoms with Gasteiger partial charge in [-0.05, 0) is 24.9 Å². The van der Waals surface area contributed by atoms with E-state index >= 15 is 0 Å². The molecule has 0 bridgehead atoms. The van der Waals surface area contributed by atoms with Crippen molar-refractivity contribution in [1.29, 1.82) is 0 Å². The van der Waals surface area contributed by atoms with Crippen LogP contribution in [0.4, 0.5) is 4.79 Å². The molecule has 0 saturated carbocycles. The molecule has 0 aliphatic rings. The van der Waals surface area contributed by atoms with Crippen LogP contribution in [-0.2, 0) is 4.79 Å². The van der Waals surface area contributed by atoms with E-state index in [4.69, 9.17) is 0 Å². The van der Waals surface area contributed by atoms with Crippen molar-refractivity contribution in [3.8, 4) is 0 Å². The Labute approximate surface area is 107 Å². The molecule has 0 unspecified atom stereocenters. The van der Waals surface area contributed by atoms with Gasteiger partial charge in [0, 0.05) is 6.54 Å². The summed E-state index contributed by atoms with van der Waals surface area (Å²) in [5, 5.41) is 15.8. The molecule has 0 spiro atoms. The molecule has 5 nitrogen and oxygen atoms in total. The summed E-state index contributed by atoms with van der Waals surface area (Å²) in [4.78, 5) is 22.1. The van der Waals surface area contributed by atoms with Crippen LogP contribution >= 0.6 is 11.8 Å². The lowest BCUT2D eigenvalue weighted by molar-refractivity contribution is -0.308. The third-order valence-corrected chi connectivity index (χ3v) is 2.91. The molecular formula is C11H21N2O3S-. The zero-order chi connectivity index (χ0) is 13.1. The quantitative estimate of drug-likeness (QED) is 0.587. The second kappa shape index (κ2) is 10.3. The zero-order valence-electron chi connectivity index (χ0n) is 10.5. The number of rotatable bonds is 9. The van der Waals surface area contributed by atoms with Gasteiger partial charge >= 0.3 is 6.03 Å². The van der Waals surface area contributed by atoms with Crippen LogP contribution in [0.15, 0.2) is 0 Å². The van der Waals surface area contributed by atoms with Crippen LogP contribution in [0.25, 0.3) is 0 Å². The van der Waals surface area contributed by atoms with Crippen LogP contribution < -0.4 is 15.7 Å². The van der Waals surface area contributed by atoms with Crippen molar-refractivity contribution >= 4 is 23.8 Å². The molecule has 17 heavy (non-hydrogen) atoms. The lowest BCUT2D eigenvalue weighted by Gasteiger charge is -2.19. The van der Waals surface area contributed by atoms with Crippen molar-refractivity contribution in [3.63, 3.8) is 0 Å². The number of hydrogen-bond donors (Lipinski definition) is 2. The molecule has 0 aliphatic heterocycles. The van der Waals surface area contributed by atoms with Gasteiger partial charge in [-0.2, -0.15) is 11.8 Å². The Balaban J connectivity index is 3.83. The first-order chi connectivity index (χ1) is 8.11. The number of carboxylic acids is 1. The second-order valence-corrected chi connectivity index (χ2v) is 4.75. The van der Waals surface area contributed by atoms with E-state index in [-0.39, 0.29) is 0 Å². The maximum absolute atomic E-state index is 11.4. The first-order valence-electron chi connectivity index (χ1n) is 5.86. The van der Waals surface area contributed by atoms with Crippen LogP contribution in [-0.4, -0.2) is 36.6 Å². The maximum atomic E-state index is 11.4. The maximum Gasteiger partial charge on any atom is 0.315 e. The Morgan fingerprint density at radius 2 is 2.06 bits per heavy atom. The number of carbonyl (C=O) groups is 2. The van der Waals surface area contributed by atoms with E-state index in [1.807, 2.05) is 6.26 Å². The molecule has 0 fully saturated rings. The molecular weight excluding hydrogens is 240 g/mol. The number of carboxylic acid groups (broad SMARTS) is 1. The molecule has 0 aromatic heterocycles. The molecule has 0 aliphatic carbocycles. The molecule has 1 atom stereocenters. The van der Waals surface area contributed by atoms with Crippen LogP contribution in [0, 0.1) is 0 Å². The second-order valence-electron chi connectivity index (χ2n) is 3.76. The molecule has 6 heteroatoms. The number of thioether (sulfide) groups is 1. The topological polar surface area (TPSA) is 81.3 Å². The summed E-state index contributed by atoms with van der Waals surface area (Å²) < 4.78 is 0. The normalized spacial score (nSPS) is 11.9. The van der Waals surface area contributed by atoms with E-state index in [1.54, 1.807) is 0 Å². The summed E-state index contributed by atoms with van der Waals surface area (Å²) in [5.41, 5.74) is 0. The molecule has 0 heterocycles. The number of carbonyl (C=O) groups excluding carboxylic acids is 2. The third kappa shape index (κ3) is 8.85. The number of amides is 2. The van der Waals surface area contributed by atoms with Crippen molar-refractivity contribution < 1.29 is 14.7 Å². The van der Waals surface area contributed by atoms with Gasteiger partial charge in [0.15, 0.2) is 0 Å². The fourth-order valence-corrected chi connectivity index (χ4v) is 1.74. The van der Waals surface area contributed by atoms with Crippen molar-refractivity contribution in [2.45, 2.75) is 38.6 Å². The minimum absolute atomic E-state index is 0.381. The Bertz CT molecular complexity index is 237. The monoisotopic (exact) mass is 261 g/mol. The van der Waals surface area contributed by atoms with E-state index in [0.717, 1.165) is 19.3 Å². The van der Waals surface area contributed by atoms with Gasteiger partial charge in [0.25, 0.3) is 0 Å². The van der Waals surface area contributed by atoms with Crippen molar-refractivity contribution in [2.24, 2.45) is 0 Å². The van der Waals surface area contributed by atoms with Gasteiger partial charge in [-0.15, -0.1) is 0 Å². The predicted molar refractivity (Wildman–Crippen MR) is 67.9 cm³/mol. The fraction of sp³-hybridized carbons (Fsp3) is 0.818. The Morgan fingerprint density at radius 3 is 2.59 bits per heavy atom. The minimum atomic E-state index is -1.23. The molecule has 0 aromatic rings. The van der Waals surface area contributed by atoms with Crippen molar-refractivity contribution in [1.82, 2.24) is 10.6 Å². The van der Waals surface area contributed by atoms with Crippen molar-refractivity contribution in [2.75, 3.05) is 18.6 Å². The number of unbranched alkanes of at least 4 members (excludes halogenated alkanes) is 2. The highest BCUT2D eigenvalue weighted by Gasteiger charge is 2.12. The molecule has 100 valence electrons. The highest BCUT2D eigenvalue weighted by molar-refractivity contribution is 7.98. The number of hydrogen-bond acceptors (Lipinski definition) is 4. The summed E-state index contributed by atoms with van der Waals surface area (Å²) in [6, 6.07) is -1.34. The van der Waals surface area contributed by atoms with E-state index in [2.05, 4.69) is 17.6 Å². The summed E-state index contributed by atoms with van der Waals surface area (Å²) in [5.74, 6) is -0.558.